The van der Waals surface area contributed by atoms with E-state index in [0.717, 1.165) is 82.1 Å². The molecule has 1 aromatic heterocycles. The molecule has 4 rings (SSSR count). The highest BCUT2D eigenvalue weighted by Crippen LogP contribution is 2.35. The van der Waals surface area contributed by atoms with Crippen molar-refractivity contribution in [3.05, 3.63) is 41.2 Å². The standard InChI is InChI=1S/C25H36N4O2/c1-3-22-24(20-7-9-21(10-8-20)28-12-4-5-13-28)23(25(26)30)19(2)29(22)14-6-11-27-15-17-31-18-16-27/h7-10H,3-6,11-18H2,1-2H3,(H2,26,30). The molecule has 0 spiro atoms. The third-order valence-corrected chi connectivity index (χ3v) is 6.80. The average Bonchev–Trinajstić information content (AvgIpc) is 3.41. The molecule has 0 atom stereocenters. The molecule has 1 amide bonds. The minimum Gasteiger partial charge on any atom is -0.379 e. The lowest BCUT2D eigenvalue weighted by atomic mass is 9.98. The number of anilines is 1. The van der Waals surface area contributed by atoms with Gasteiger partial charge < -0.3 is 19.9 Å². The Kier molecular flexibility index (Phi) is 6.98. The fourth-order valence-electron chi connectivity index (χ4n) is 5.17. The predicted octanol–water partition coefficient (Wildman–Crippen LogP) is 3.45. The molecular formula is C25H36N4O2. The van der Waals surface area contributed by atoms with E-state index in [0.29, 0.717) is 5.56 Å². The fourth-order valence-corrected chi connectivity index (χ4v) is 5.17. The molecule has 168 valence electrons. The summed E-state index contributed by atoms with van der Waals surface area (Å²) in [6, 6.07) is 8.70. The van der Waals surface area contributed by atoms with Crippen LogP contribution in [0.2, 0.25) is 0 Å². The second kappa shape index (κ2) is 9.88. The summed E-state index contributed by atoms with van der Waals surface area (Å²) in [6.07, 6.45) is 4.45. The largest absolute Gasteiger partial charge is 0.379 e. The summed E-state index contributed by atoms with van der Waals surface area (Å²) in [6.45, 7) is 12.1. The molecule has 0 radical (unpaired) electrons. The molecule has 2 aromatic rings. The third kappa shape index (κ3) is 4.65. The number of aromatic nitrogens is 1. The van der Waals surface area contributed by atoms with Gasteiger partial charge in [0.25, 0.3) is 5.91 Å². The summed E-state index contributed by atoms with van der Waals surface area (Å²) in [5.74, 6) is -0.335. The number of carbonyl (C=O) groups is 1. The van der Waals surface area contributed by atoms with Crippen LogP contribution in [0.25, 0.3) is 11.1 Å². The van der Waals surface area contributed by atoms with E-state index in [1.807, 2.05) is 6.92 Å². The molecule has 2 saturated heterocycles. The van der Waals surface area contributed by atoms with E-state index in [4.69, 9.17) is 10.5 Å². The molecule has 0 bridgehead atoms. The number of carbonyl (C=O) groups excluding carboxylic acids is 1. The quantitative estimate of drug-likeness (QED) is 0.705. The van der Waals surface area contributed by atoms with E-state index in [9.17, 15) is 4.79 Å². The van der Waals surface area contributed by atoms with Crippen LogP contribution in [0.5, 0.6) is 0 Å². The minimum absolute atomic E-state index is 0.335. The SMILES string of the molecule is CCc1c(-c2ccc(N3CCCC3)cc2)c(C(N)=O)c(C)n1CCCN1CCOCC1. The molecule has 6 heteroatoms. The van der Waals surface area contributed by atoms with Crippen molar-refractivity contribution in [3.8, 4) is 11.1 Å². The highest BCUT2D eigenvalue weighted by molar-refractivity contribution is 6.02. The van der Waals surface area contributed by atoms with Gasteiger partial charge in [-0.2, -0.15) is 0 Å². The van der Waals surface area contributed by atoms with Gasteiger partial charge in [0.15, 0.2) is 0 Å². The van der Waals surface area contributed by atoms with E-state index in [1.54, 1.807) is 0 Å². The van der Waals surface area contributed by atoms with Gasteiger partial charge in [0.2, 0.25) is 0 Å². The van der Waals surface area contributed by atoms with Crippen LogP contribution in [-0.4, -0.2) is 61.3 Å². The third-order valence-electron chi connectivity index (χ3n) is 6.80. The lowest BCUT2D eigenvalue weighted by molar-refractivity contribution is 0.0369. The first-order valence-electron chi connectivity index (χ1n) is 11.8. The van der Waals surface area contributed by atoms with Gasteiger partial charge in [-0.3, -0.25) is 9.69 Å². The molecule has 1 aromatic carbocycles. The van der Waals surface area contributed by atoms with Gasteiger partial charge in [0.1, 0.15) is 0 Å². The first-order valence-corrected chi connectivity index (χ1v) is 11.8. The maximum Gasteiger partial charge on any atom is 0.251 e. The molecule has 6 nitrogen and oxygen atoms in total. The van der Waals surface area contributed by atoms with Crippen LogP contribution in [0.3, 0.4) is 0 Å². The van der Waals surface area contributed by atoms with Crippen molar-refractivity contribution in [2.45, 2.75) is 46.1 Å². The fraction of sp³-hybridized carbons (Fsp3) is 0.560. The van der Waals surface area contributed by atoms with Gasteiger partial charge in [0, 0.05) is 61.9 Å². The van der Waals surface area contributed by atoms with Gasteiger partial charge >= 0.3 is 0 Å². The zero-order valence-corrected chi connectivity index (χ0v) is 19.0. The summed E-state index contributed by atoms with van der Waals surface area (Å²) in [5.41, 5.74) is 12.1. The van der Waals surface area contributed by atoms with E-state index in [1.165, 1.54) is 24.2 Å². The first-order chi connectivity index (χ1) is 15.1. The summed E-state index contributed by atoms with van der Waals surface area (Å²) < 4.78 is 7.78. The van der Waals surface area contributed by atoms with Crippen LogP contribution in [0.4, 0.5) is 5.69 Å². The summed E-state index contributed by atoms with van der Waals surface area (Å²) in [7, 11) is 0. The second-order valence-electron chi connectivity index (χ2n) is 8.70. The Balaban J connectivity index is 1.60. The summed E-state index contributed by atoms with van der Waals surface area (Å²) >= 11 is 0. The summed E-state index contributed by atoms with van der Waals surface area (Å²) in [4.78, 5) is 17.4. The normalized spacial score (nSPS) is 17.4. The molecule has 0 saturated carbocycles. The van der Waals surface area contributed by atoms with Crippen molar-refractivity contribution in [1.82, 2.24) is 9.47 Å². The van der Waals surface area contributed by atoms with Crippen molar-refractivity contribution in [3.63, 3.8) is 0 Å². The summed E-state index contributed by atoms with van der Waals surface area (Å²) in [5, 5.41) is 0. The van der Waals surface area contributed by atoms with Gasteiger partial charge in [0.05, 0.1) is 18.8 Å². The van der Waals surface area contributed by atoms with Crippen LogP contribution in [0.1, 0.15) is 47.9 Å². The van der Waals surface area contributed by atoms with E-state index in [-0.39, 0.29) is 5.91 Å². The second-order valence-corrected chi connectivity index (χ2v) is 8.70. The zero-order valence-electron chi connectivity index (χ0n) is 19.0. The van der Waals surface area contributed by atoms with Gasteiger partial charge in [-0.15, -0.1) is 0 Å². The Morgan fingerprint density at radius 2 is 1.71 bits per heavy atom. The molecular weight excluding hydrogens is 388 g/mol. The number of hydrogen-bond donors (Lipinski definition) is 1. The Hall–Kier alpha value is -2.31. The molecule has 3 heterocycles. The Bertz CT molecular complexity index is 891. The number of amides is 1. The molecule has 2 N–H and O–H groups in total. The number of morpholine rings is 1. The lowest BCUT2D eigenvalue weighted by Crippen LogP contribution is -2.37. The molecule has 2 aliphatic heterocycles. The maximum absolute atomic E-state index is 12.5. The van der Waals surface area contributed by atoms with Crippen LogP contribution in [0.15, 0.2) is 24.3 Å². The van der Waals surface area contributed by atoms with Crippen molar-refractivity contribution in [2.75, 3.05) is 50.8 Å². The van der Waals surface area contributed by atoms with E-state index < -0.39 is 0 Å². The molecule has 2 fully saturated rings. The van der Waals surface area contributed by atoms with Crippen LogP contribution >= 0.6 is 0 Å². The van der Waals surface area contributed by atoms with Crippen molar-refractivity contribution >= 4 is 11.6 Å². The number of primary amides is 1. The van der Waals surface area contributed by atoms with Crippen molar-refractivity contribution < 1.29 is 9.53 Å². The van der Waals surface area contributed by atoms with Gasteiger partial charge in [-0.1, -0.05) is 19.1 Å². The number of benzene rings is 1. The minimum atomic E-state index is -0.335. The molecule has 0 aliphatic carbocycles. The Labute approximate surface area is 186 Å². The number of rotatable bonds is 8. The predicted molar refractivity (Wildman–Crippen MR) is 126 cm³/mol. The van der Waals surface area contributed by atoms with Crippen molar-refractivity contribution in [1.29, 1.82) is 0 Å². The number of nitrogens with zero attached hydrogens (tertiary/aromatic N) is 3. The Morgan fingerprint density at radius 1 is 1.03 bits per heavy atom. The highest BCUT2D eigenvalue weighted by atomic mass is 16.5. The Morgan fingerprint density at radius 3 is 2.32 bits per heavy atom. The maximum atomic E-state index is 12.5. The smallest absolute Gasteiger partial charge is 0.251 e. The average molecular weight is 425 g/mol. The van der Waals surface area contributed by atoms with Gasteiger partial charge in [-0.05, 0) is 50.3 Å². The lowest BCUT2D eigenvalue weighted by Gasteiger charge is -2.26. The monoisotopic (exact) mass is 424 g/mol. The zero-order chi connectivity index (χ0) is 21.8. The first kappa shape index (κ1) is 21.9. The molecule has 2 aliphatic rings. The van der Waals surface area contributed by atoms with Crippen molar-refractivity contribution in [2.24, 2.45) is 5.73 Å². The van der Waals surface area contributed by atoms with Gasteiger partial charge in [-0.25, -0.2) is 0 Å². The van der Waals surface area contributed by atoms with E-state index >= 15 is 0 Å². The molecule has 0 unspecified atom stereocenters. The number of nitrogens with two attached hydrogens (primary N) is 1. The number of hydrogen-bond acceptors (Lipinski definition) is 4. The van der Waals surface area contributed by atoms with Crippen LogP contribution in [-0.2, 0) is 17.7 Å². The van der Waals surface area contributed by atoms with Crippen LogP contribution < -0.4 is 10.6 Å². The molecule has 31 heavy (non-hydrogen) atoms. The number of ether oxygens (including phenoxy) is 1. The highest BCUT2D eigenvalue weighted by Gasteiger charge is 2.24. The topological polar surface area (TPSA) is 63.7 Å². The van der Waals surface area contributed by atoms with E-state index in [2.05, 4.69) is 45.6 Å². The van der Waals surface area contributed by atoms with Crippen LogP contribution in [0, 0.1) is 6.92 Å².